The predicted molar refractivity (Wildman–Crippen MR) is 70.2 cm³/mol. The molecule has 1 saturated heterocycles. The van der Waals surface area contributed by atoms with Crippen LogP contribution in [0.4, 0.5) is 0 Å². The first-order valence-corrected chi connectivity index (χ1v) is 6.39. The van der Waals surface area contributed by atoms with Crippen molar-refractivity contribution in [2.75, 3.05) is 6.54 Å². The molecule has 0 saturated carbocycles. The summed E-state index contributed by atoms with van der Waals surface area (Å²) < 4.78 is 0.518. The van der Waals surface area contributed by atoms with Gasteiger partial charge in [0.15, 0.2) is 0 Å². The van der Waals surface area contributed by atoms with Gasteiger partial charge >= 0.3 is 0 Å². The molecular formula is C12H12BrN3O3. The molecule has 1 aliphatic rings. The number of carbonyl (C=O) groups is 3. The van der Waals surface area contributed by atoms with E-state index in [0.29, 0.717) is 10.2 Å². The van der Waals surface area contributed by atoms with Crippen molar-refractivity contribution in [1.82, 2.24) is 15.2 Å². The van der Waals surface area contributed by atoms with Gasteiger partial charge < -0.3 is 4.90 Å². The summed E-state index contributed by atoms with van der Waals surface area (Å²) in [7, 11) is 0. The molecule has 1 aromatic rings. The van der Waals surface area contributed by atoms with Gasteiger partial charge in [-0.2, -0.15) is 0 Å². The molecule has 100 valence electrons. The van der Waals surface area contributed by atoms with Crippen LogP contribution in [0.25, 0.3) is 0 Å². The Labute approximate surface area is 118 Å². The number of aromatic nitrogens is 1. The number of nitrogens with one attached hydrogen (secondary N) is 1. The Morgan fingerprint density at radius 3 is 2.79 bits per heavy atom. The minimum Gasteiger partial charge on any atom is -0.315 e. The van der Waals surface area contributed by atoms with Gasteiger partial charge in [-0.3, -0.25) is 19.7 Å². The van der Waals surface area contributed by atoms with Gasteiger partial charge in [0.25, 0.3) is 11.8 Å². The molecule has 0 spiro atoms. The van der Waals surface area contributed by atoms with E-state index in [9.17, 15) is 14.4 Å². The normalized spacial score (nSPS) is 18.2. The third-order valence-corrected chi connectivity index (χ3v) is 3.44. The molecule has 0 atom stereocenters. The zero-order valence-electron chi connectivity index (χ0n) is 10.4. The summed E-state index contributed by atoms with van der Waals surface area (Å²) in [5, 5.41) is 2.22. The molecule has 1 fully saturated rings. The van der Waals surface area contributed by atoms with E-state index in [1.807, 2.05) is 0 Å². The monoisotopic (exact) mass is 325 g/mol. The smallest absolute Gasteiger partial charge is 0.255 e. The van der Waals surface area contributed by atoms with Crippen LogP contribution >= 0.6 is 15.9 Å². The molecule has 1 N–H and O–H groups in total. The second-order valence-corrected chi connectivity index (χ2v) is 5.51. The van der Waals surface area contributed by atoms with Crippen molar-refractivity contribution in [3.05, 3.63) is 28.5 Å². The van der Waals surface area contributed by atoms with E-state index in [0.717, 1.165) is 0 Å². The van der Waals surface area contributed by atoms with Crippen molar-refractivity contribution >= 4 is 33.7 Å². The van der Waals surface area contributed by atoms with Crippen molar-refractivity contribution in [3.8, 4) is 0 Å². The number of hydrogen-bond donors (Lipinski definition) is 1. The van der Waals surface area contributed by atoms with Gasteiger partial charge in [0.1, 0.15) is 16.7 Å². The summed E-state index contributed by atoms with van der Waals surface area (Å²) in [6, 6.07) is 3.09. The van der Waals surface area contributed by atoms with Crippen LogP contribution in [0.2, 0.25) is 0 Å². The molecule has 19 heavy (non-hydrogen) atoms. The number of pyridine rings is 1. The predicted octanol–water partition coefficient (Wildman–Crippen LogP) is 0.721. The molecular weight excluding hydrogens is 314 g/mol. The topological polar surface area (TPSA) is 79.4 Å². The summed E-state index contributed by atoms with van der Waals surface area (Å²) in [4.78, 5) is 40.8. The molecule has 6 nitrogen and oxygen atoms in total. The number of halogens is 1. The van der Waals surface area contributed by atoms with Crippen LogP contribution in [0.5, 0.6) is 0 Å². The summed E-state index contributed by atoms with van der Waals surface area (Å²) in [5.74, 6) is -1.34. The highest BCUT2D eigenvalue weighted by molar-refractivity contribution is 9.10. The highest BCUT2D eigenvalue weighted by atomic mass is 79.9. The summed E-state index contributed by atoms with van der Waals surface area (Å²) >= 11 is 3.18. The molecule has 0 aromatic carbocycles. The van der Waals surface area contributed by atoms with Crippen LogP contribution in [0.15, 0.2) is 22.9 Å². The van der Waals surface area contributed by atoms with Gasteiger partial charge in [-0.15, -0.1) is 0 Å². The highest BCUT2D eigenvalue weighted by Crippen LogP contribution is 2.21. The van der Waals surface area contributed by atoms with Crippen LogP contribution in [0.3, 0.4) is 0 Å². The number of rotatable bonds is 1. The lowest BCUT2D eigenvalue weighted by molar-refractivity contribution is -0.143. The average molecular weight is 326 g/mol. The number of piperazine rings is 1. The van der Waals surface area contributed by atoms with Gasteiger partial charge in [-0.25, -0.2) is 4.98 Å². The minimum absolute atomic E-state index is 0.141. The first kappa shape index (κ1) is 13.7. The van der Waals surface area contributed by atoms with Gasteiger partial charge in [0, 0.05) is 11.8 Å². The maximum Gasteiger partial charge on any atom is 0.255 e. The van der Waals surface area contributed by atoms with Crippen LogP contribution in [-0.4, -0.2) is 39.7 Å². The Balaban J connectivity index is 2.36. The number of hydrogen-bond acceptors (Lipinski definition) is 4. The average Bonchev–Trinajstić information content (AvgIpc) is 2.33. The van der Waals surface area contributed by atoms with Crippen molar-refractivity contribution in [1.29, 1.82) is 0 Å². The lowest BCUT2D eigenvalue weighted by atomic mass is 9.97. The summed E-state index contributed by atoms with van der Waals surface area (Å²) in [6.45, 7) is 3.06. The third kappa shape index (κ3) is 2.51. The fraction of sp³-hybridized carbons (Fsp3) is 0.333. The van der Waals surface area contributed by atoms with E-state index >= 15 is 0 Å². The zero-order chi connectivity index (χ0) is 14.2. The van der Waals surface area contributed by atoms with Gasteiger partial charge in [-0.05, 0) is 41.9 Å². The largest absolute Gasteiger partial charge is 0.315 e. The Hall–Kier alpha value is -1.76. The molecule has 2 rings (SSSR count). The molecule has 7 heteroatoms. The highest BCUT2D eigenvalue weighted by Gasteiger charge is 2.43. The van der Waals surface area contributed by atoms with Gasteiger partial charge in [-0.1, -0.05) is 0 Å². The second-order valence-electron chi connectivity index (χ2n) is 4.69. The van der Waals surface area contributed by atoms with E-state index in [4.69, 9.17) is 0 Å². The van der Waals surface area contributed by atoms with Crippen LogP contribution < -0.4 is 5.32 Å². The SMILES string of the molecule is CC1(C)C(=O)NC(=O)CN1C(=O)c1ccnc(Br)c1. The Morgan fingerprint density at radius 1 is 1.47 bits per heavy atom. The minimum atomic E-state index is -1.07. The fourth-order valence-electron chi connectivity index (χ4n) is 1.80. The second kappa shape index (κ2) is 4.73. The molecule has 0 radical (unpaired) electrons. The maximum atomic E-state index is 12.4. The van der Waals surface area contributed by atoms with Crippen LogP contribution in [0.1, 0.15) is 24.2 Å². The Kier molecular flexibility index (Phi) is 3.40. The molecule has 2 heterocycles. The number of nitrogens with zero attached hydrogens (tertiary/aromatic N) is 2. The first-order chi connectivity index (χ1) is 8.82. The molecule has 1 aromatic heterocycles. The Bertz CT molecular complexity index is 571. The van der Waals surface area contributed by atoms with Crippen LogP contribution in [0, 0.1) is 0 Å². The molecule has 0 unspecified atom stereocenters. The summed E-state index contributed by atoms with van der Waals surface area (Å²) in [6.07, 6.45) is 1.48. The zero-order valence-corrected chi connectivity index (χ0v) is 12.0. The van der Waals surface area contributed by atoms with Crippen LogP contribution in [-0.2, 0) is 9.59 Å². The lowest BCUT2D eigenvalue weighted by Gasteiger charge is -2.40. The molecule has 0 bridgehead atoms. The standard InChI is InChI=1S/C12H12BrN3O3/c1-12(2)11(19)15-9(17)6-16(12)10(18)7-3-4-14-8(13)5-7/h3-5H,6H2,1-2H3,(H,15,17,19). The lowest BCUT2D eigenvalue weighted by Crippen LogP contribution is -2.65. The van der Waals surface area contributed by atoms with E-state index in [1.54, 1.807) is 26.0 Å². The Morgan fingerprint density at radius 2 is 2.16 bits per heavy atom. The van der Waals surface area contributed by atoms with Gasteiger partial charge in [0.2, 0.25) is 5.91 Å². The maximum absolute atomic E-state index is 12.4. The molecule has 3 amide bonds. The van der Waals surface area contributed by atoms with E-state index in [1.165, 1.54) is 11.1 Å². The third-order valence-electron chi connectivity index (χ3n) is 3.00. The van der Waals surface area contributed by atoms with E-state index < -0.39 is 17.4 Å². The first-order valence-electron chi connectivity index (χ1n) is 5.60. The van der Waals surface area contributed by atoms with Crippen molar-refractivity contribution in [2.24, 2.45) is 0 Å². The van der Waals surface area contributed by atoms with Gasteiger partial charge in [0.05, 0.1) is 0 Å². The number of carbonyl (C=O) groups excluding carboxylic acids is 3. The fourth-order valence-corrected chi connectivity index (χ4v) is 2.16. The van der Waals surface area contributed by atoms with Crippen molar-refractivity contribution in [3.63, 3.8) is 0 Å². The number of imide groups is 1. The quantitative estimate of drug-likeness (QED) is 0.609. The molecule has 0 aliphatic carbocycles. The van der Waals surface area contributed by atoms with Crippen molar-refractivity contribution in [2.45, 2.75) is 19.4 Å². The molecule has 1 aliphatic heterocycles. The van der Waals surface area contributed by atoms with E-state index in [2.05, 4.69) is 26.2 Å². The van der Waals surface area contributed by atoms with Crippen molar-refractivity contribution < 1.29 is 14.4 Å². The number of amides is 3. The summed E-state index contributed by atoms with van der Waals surface area (Å²) in [5.41, 5.74) is -0.696. The van der Waals surface area contributed by atoms with E-state index in [-0.39, 0.29) is 12.5 Å².